The molecule has 0 saturated heterocycles. The Hall–Kier alpha value is -1.32. The molecule has 1 fully saturated rings. The summed E-state index contributed by atoms with van der Waals surface area (Å²) in [5, 5.41) is 2.74. The third kappa shape index (κ3) is 3.12. The zero-order chi connectivity index (χ0) is 13.6. The minimum absolute atomic E-state index is 0.0151. The fourth-order valence-corrected chi connectivity index (χ4v) is 2.36. The lowest BCUT2D eigenvalue weighted by atomic mass is 9.69. The Kier molecular flexibility index (Phi) is 5.38. The lowest BCUT2D eigenvalue weighted by molar-refractivity contribution is -0.132. The minimum atomic E-state index is -0.671. The van der Waals surface area contributed by atoms with Gasteiger partial charge in [-0.25, -0.2) is 4.79 Å². The molecule has 1 rings (SSSR count). The summed E-state index contributed by atoms with van der Waals surface area (Å²) >= 11 is 0. The molecule has 1 unspecified atom stereocenters. The van der Waals surface area contributed by atoms with Crippen molar-refractivity contribution in [1.82, 2.24) is 5.32 Å². The van der Waals surface area contributed by atoms with E-state index in [1.54, 1.807) is 0 Å². The van der Waals surface area contributed by atoms with Crippen molar-refractivity contribution >= 4 is 11.9 Å². The van der Waals surface area contributed by atoms with E-state index in [2.05, 4.69) is 10.1 Å². The molecule has 0 aromatic heterocycles. The van der Waals surface area contributed by atoms with E-state index in [9.17, 15) is 9.59 Å². The number of ketones is 1. The van der Waals surface area contributed by atoms with Crippen molar-refractivity contribution < 1.29 is 14.3 Å². The summed E-state index contributed by atoms with van der Waals surface area (Å²) in [6.45, 7) is 3.96. The van der Waals surface area contributed by atoms with Crippen LogP contribution < -0.4 is 5.32 Å². The van der Waals surface area contributed by atoms with Crippen LogP contribution in [0, 0.1) is 5.92 Å². The summed E-state index contributed by atoms with van der Waals surface area (Å²) in [7, 11) is 1.32. The van der Waals surface area contributed by atoms with Crippen LogP contribution in [0.25, 0.3) is 0 Å². The number of carbonyl (C=O) groups is 2. The maximum absolute atomic E-state index is 12.5. The van der Waals surface area contributed by atoms with Crippen molar-refractivity contribution in [3.05, 3.63) is 12.2 Å². The molecule has 0 aromatic rings. The first-order chi connectivity index (χ1) is 8.59. The van der Waals surface area contributed by atoms with Gasteiger partial charge < -0.3 is 10.1 Å². The fourth-order valence-electron chi connectivity index (χ4n) is 2.36. The van der Waals surface area contributed by atoms with Gasteiger partial charge in [-0.1, -0.05) is 19.1 Å². The number of alkyl carbamates (subject to hydrolysis) is 1. The number of nitrogens with one attached hydrogen (secondary N) is 1. The van der Waals surface area contributed by atoms with Crippen molar-refractivity contribution in [2.45, 2.75) is 51.5 Å². The van der Waals surface area contributed by atoms with Crippen molar-refractivity contribution in [1.29, 1.82) is 0 Å². The average molecular weight is 253 g/mol. The molecule has 1 atom stereocenters. The molecule has 1 aliphatic carbocycles. The number of allylic oxidation sites excluding steroid dienone is 2. The van der Waals surface area contributed by atoms with Crippen LogP contribution in [-0.2, 0) is 9.53 Å². The highest BCUT2D eigenvalue weighted by Gasteiger charge is 2.47. The van der Waals surface area contributed by atoms with Crippen LogP contribution in [-0.4, -0.2) is 24.5 Å². The Bertz CT molecular complexity index is 332. The Morgan fingerprint density at radius 3 is 2.50 bits per heavy atom. The van der Waals surface area contributed by atoms with Gasteiger partial charge in [-0.3, -0.25) is 4.79 Å². The van der Waals surface area contributed by atoms with E-state index < -0.39 is 11.6 Å². The van der Waals surface area contributed by atoms with Crippen molar-refractivity contribution in [3.8, 4) is 0 Å². The van der Waals surface area contributed by atoms with Crippen LogP contribution in [0.5, 0.6) is 0 Å². The summed E-state index contributed by atoms with van der Waals surface area (Å²) in [5.41, 5.74) is -0.671. The van der Waals surface area contributed by atoms with Crippen LogP contribution >= 0.6 is 0 Å². The lowest BCUT2D eigenvalue weighted by Gasteiger charge is -2.42. The summed E-state index contributed by atoms with van der Waals surface area (Å²) < 4.78 is 4.61. The van der Waals surface area contributed by atoms with Gasteiger partial charge in [0.2, 0.25) is 0 Å². The number of ether oxygens (including phenoxy) is 1. The van der Waals surface area contributed by atoms with Crippen LogP contribution in [0.2, 0.25) is 0 Å². The molecule has 0 heterocycles. The van der Waals surface area contributed by atoms with Gasteiger partial charge in [-0.2, -0.15) is 0 Å². The van der Waals surface area contributed by atoms with Crippen molar-refractivity contribution in [2.75, 3.05) is 7.11 Å². The van der Waals surface area contributed by atoms with E-state index in [4.69, 9.17) is 0 Å². The number of methoxy groups -OCH3 is 1. The first kappa shape index (κ1) is 14.7. The Balaban J connectivity index is 2.73. The monoisotopic (exact) mass is 253 g/mol. The molecule has 0 aliphatic heterocycles. The Morgan fingerprint density at radius 2 is 2.11 bits per heavy atom. The van der Waals surface area contributed by atoms with Gasteiger partial charge in [0.1, 0.15) is 5.54 Å². The van der Waals surface area contributed by atoms with Gasteiger partial charge in [0.15, 0.2) is 5.78 Å². The second-order valence-corrected chi connectivity index (χ2v) is 4.83. The molecule has 1 saturated carbocycles. The van der Waals surface area contributed by atoms with Crippen molar-refractivity contribution in [2.24, 2.45) is 5.92 Å². The third-order valence-corrected chi connectivity index (χ3v) is 3.73. The third-order valence-electron chi connectivity index (χ3n) is 3.73. The average Bonchev–Trinajstić information content (AvgIpc) is 2.34. The second-order valence-electron chi connectivity index (χ2n) is 4.83. The topological polar surface area (TPSA) is 55.4 Å². The molecule has 0 radical (unpaired) electrons. The second kappa shape index (κ2) is 6.57. The molecular formula is C14H23NO3. The zero-order valence-corrected chi connectivity index (χ0v) is 11.5. The van der Waals surface area contributed by atoms with E-state index in [1.807, 2.05) is 26.0 Å². The maximum Gasteiger partial charge on any atom is 0.407 e. The molecule has 102 valence electrons. The normalized spacial score (nSPS) is 19.1. The minimum Gasteiger partial charge on any atom is -0.453 e. The smallest absolute Gasteiger partial charge is 0.407 e. The Morgan fingerprint density at radius 1 is 1.44 bits per heavy atom. The summed E-state index contributed by atoms with van der Waals surface area (Å²) in [4.78, 5) is 23.9. The first-order valence-corrected chi connectivity index (χ1v) is 6.61. The number of Topliss-reactive ketones (excluding diaryl/α,β-unsaturated/α-hetero) is 1. The number of rotatable bonds is 6. The molecular weight excluding hydrogens is 230 g/mol. The molecule has 1 aliphatic rings. The highest BCUT2D eigenvalue weighted by atomic mass is 16.5. The van der Waals surface area contributed by atoms with E-state index in [1.165, 1.54) is 7.11 Å². The number of hydrogen-bond acceptors (Lipinski definition) is 3. The van der Waals surface area contributed by atoms with Crippen LogP contribution in [0.1, 0.15) is 46.0 Å². The van der Waals surface area contributed by atoms with Gasteiger partial charge in [-0.15, -0.1) is 0 Å². The Labute approximate surface area is 109 Å². The molecule has 4 heteroatoms. The van der Waals surface area contributed by atoms with Gasteiger partial charge in [-0.05, 0) is 39.0 Å². The molecule has 18 heavy (non-hydrogen) atoms. The molecule has 1 amide bonds. The molecule has 0 aromatic carbocycles. The zero-order valence-electron chi connectivity index (χ0n) is 11.5. The van der Waals surface area contributed by atoms with E-state index >= 15 is 0 Å². The van der Waals surface area contributed by atoms with Crippen LogP contribution in [0.4, 0.5) is 4.79 Å². The number of amides is 1. The standard InChI is InChI=1S/C14H23NO3/c1-4-6-8-11(5-2)12(16)14(9-7-10-14)15-13(17)18-3/h4,6,11H,5,7-10H2,1-3H3,(H,15,17). The fraction of sp³-hybridized carbons (Fsp3) is 0.714. The van der Waals surface area contributed by atoms with Gasteiger partial charge in [0.05, 0.1) is 7.11 Å². The number of hydrogen-bond donors (Lipinski definition) is 1. The van der Waals surface area contributed by atoms with Crippen molar-refractivity contribution in [3.63, 3.8) is 0 Å². The SMILES string of the molecule is CC=CCC(CC)C(=O)C1(NC(=O)OC)CCC1. The lowest BCUT2D eigenvalue weighted by Crippen LogP contribution is -2.60. The number of carbonyl (C=O) groups excluding carboxylic acids is 2. The molecule has 4 nitrogen and oxygen atoms in total. The highest BCUT2D eigenvalue weighted by Crippen LogP contribution is 2.36. The summed E-state index contributed by atoms with van der Waals surface area (Å²) in [5.74, 6) is 0.137. The summed E-state index contributed by atoms with van der Waals surface area (Å²) in [6.07, 6.45) is 7.44. The van der Waals surface area contributed by atoms with Crippen LogP contribution in [0.15, 0.2) is 12.2 Å². The van der Waals surface area contributed by atoms with E-state index in [0.717, 1.165) is 32.1 Å². The van der Waals surface area contributed by atoms with E-state index in [-0.39, 0.29) is 11.7 Å². The summed E-state index contributed by atoms with van der Waals surface area (Å²) in [6, 6.07) is 0. The molecule has 1 N–H and O–H groups in total. The largest absolute Gasteiger partial charge is 0.453 e. The molecule has 0 bridgehead atoms. The van der Waals surface area contributed by atoms with Gasteiger partial charge in [0, 0.05) is 5.92 Å². The predicted molar refractivity (Wildman–Crippen MR) is 70.3 cm³/mol. The molecule has 0 spiro atoms. The first-order valence-electron chi connectivity index (χ1n) is 6.61. The van der Waals surface area contributed by atoms with Crippen LogP contribution in [0.3, 0.4) is 0 Å². The van der Waals surface area contributed by atoms with Gasteiger partial charge in [0.25, 0.3) is 0 Å². The van der Waals surface area contributed by atoms with E-state index in [0.29, 0.717) is 0 Å². The van der Waals surface area contributed by atoms with Gasteiger partial charge >= 0.3 is 6.09 Å². The quantitative estimate of drug-likeness (QED) is 0.740. The maximum atomic E-state index is 12.5. The predicted octanol–water partition coefficient (Wildman–Crippen LogP) is 2.83. The highest BCUT2D eigenvalue weighted by molar-refractivity contribution is 5.94.